The van der Waals surface area contributed by atoms with E-state index in [4.69, 9.17) is 11.5 Å². The van der Waals surface area contributed by atoms with Crippen molar-refractivity contribution >= 4 is 11.7 Å². The molecule has 5 nitrogen and oxygen atoms in total. The van der Waals surface area contributed by atoms with Gasteiger partial charge >= 0.3 is 0 Å². The lowest BCUT2D eigenvalue weighted by Crippen LogP contribution is -2.10. The largest absolute Gasteiger partial charge is 0.383 e. The van der Waals surface area contributed by atoms with Gasteiger partial charge in [0.15, 0.2) is 0 Å². The van der Waals surface area contributed by atoms with Crippen molar-refractivity contribution in [3.63, 3.8) is 0 Å². The highest BCUT2D eigenvalue weighted by Crippen LogP contribution is 2.31. The summed E-state index contributed by atoms with van der Waals surface area (Å²) in [4.78, 5) is 15.3. The van der Waals surface area contributed by atoms with Crippen LogP contribution in [0.3, 0.4) is 0 Å². The topological polar surface area (TPSA) is 106 Å². The number of aromatic nitrogens is 1. The molecule has 0 aliphatic heterocycles. The molecule has 1 amide bonds. The van der Waals surface area contributed by atoms with Crippen molar-refractivity contribution in [2.75, 3.05) is 5.73 Å². The van der Waals surface area contributed by atoms with Crippen LogP contribution < -0.4 is 11.5 Å². The van der Waals surface area contributed by atoms with Gasteiger partial charge in [-0.05, 0) is 35.9 Å². The highest BCUT2D eigenvalue weighted by Gasteiger charge is 2.15. The fourth-order valence-electron chi connectivity index (χ4n) is 2.57. The van der Waals surface area contributed by atoms with Crippen LogP contribution in [-0.2, 0) is 0 Å². The number of carbonyl (C=O) groups excluding carboxylic acids is 1. The molecule has 2 aromatic carbocycles. The van der Waals surface area contributed by atoms with Gasteiger partial charge in [0, 0.05) is 22.8 Å². The van der Waals surface area contributed by atoms with Crippen LogP contribution in [0.15, 0.2) is 48.5 Å². The molecule has 0 radical (unpaired) electrons. The van der Waals surface area contributed by atoms with Gasteiger partial charge in [0.2, 0.25) is 5.91 Å². The molecule has 0 unspecified atom stereocenters. The van der Waals surface area contributed by atoms with E-state index in [9.17, 15) is 18.8 Å². The van der Waals surface area contributed by atoms with Gasteiger partial charge in [-0.15, -0.1) is 0 Å². The third-order valence-electron chi connectivity index (χ3n) is 3.80. The molecular weight excluding hydrogens is 338 g/mol. The van der Waals surface area contributed by atoms with Crippen LogP contribution in [-0.4, -0.2) is 10.9 Å². The lowest BCUT2D eigenvalue weighted by Gasteiger charge is -2.11. The van der Waals surface area contributed by atoms with Gasteiger partial charge in [0.1, 0.15) is 29.1 Å². The number of nitrogen functional groups attached to an aromatic ring is 1. The lowest BCUT2D eigenvalue weighted by atomic mass is 9.97. The summed E-state index contributed by atoms with van der Waals surface area (Å²) < 4.78 is 27.0. The van der Waals surface area contributed by atoms with Gasteiger partial charge in [0.25, 0.3) is 0 Å². The van der Waals surface area contributed by atoms with Gasteiger partial charge < -0.3 is 11.5 Å². The number of halogens is 2. The van der Waals surface area contributed by atoms with E-state index in [-0.39, 0.29) is 22.6 Å². The number of hydrogen-bond acceptors (Lipinski definition) is 4. The molecule has 0 saturated carbocycles. The Morgan fingerprint density at radius 1 is 1.00 bits per heavy atom. The van der Waals surface area contributed by atoms with E-state index in [0.717, 1.165) is 18.2 Å². The summed E-state index contributed by atoms with van der Waals surface area (Å²) in [6, 6.07) is 12.7. The summed E-state index contributed by atoms with van der Waals surface area (Å²) in [6.45, 7) is 0. The zero-order valence-corrected chi connectivity index (χ0v) is 13.3. The van der Waals surface area contributed by atoms with Crippen LogP contribution in [0.2, 0.25) is 0 Å². The molecule has 0 saturated heterocycles. The van der Waals surface area contributed by atoms with Crippen molar-refractivity contribution in [3.8, 4) is 28.5 Å². The third-order valence-corrected chi connectivity index (χ3v) is 3.80. The molecule has 0 aliphatic carbocycles. The zero-order chi connectivity index (χ0) is 18.8. The van der Waals surface area contributed by atoms with Crippen molar-refractivity contribution in [2.45, 2.75) is 0 Å². The molecule has 0 fully saturated rings. The van der Waals surface area contributed by atoms with Crippen LogP contribution in [0.25, 0.3) is 22.4 Å². The molecule has 0 aliphatic rings. The van der Waals surface area contributed by atoms with Crippen molar-refractivity contribution in [1.82, 2.24) is 4.98 Å². The van der Waals surface area contributed by atoms with Crippen molar-refractivity contribution in [2.24, 2.45) is 5.73 Å². The zero-order valence-electron chi connectivity index (χ0n) is 13.3. The molecule has 3 aromatic rings. The number of hydrogen-bond donors (Lipinski definition) is 2. The predicted molar refractivity (Wildman–Crippen MR) is 92.7 cm³/mol. The molecule has 3 rings (SSSR count). The first-order chi connectivity index (χ1) is 12.4. The van der Waals surface area contributed by atoms with Gasteiger partial charge in [-0.3, -0.25) is 4.79 Å². The highest BCUT2D eigenvalue weighted by molar-refractivity contribution is 5.93. The second-order valence-electron chi connectivity index (χ2n) is 5.53. The van der Waals surface area contributed by atoms with E-state index in [0.29, 0.717) is 16.7 Å². The highest BCUT2D eigenvalue weighted by atomic mass is 19.1. The molecule has 0 atom stereocenters. The lowest BCUT2D eigenvalue weighted by molar-refractivity contribution is 0.100. The minimum atomic E-state index is -0.753. The number of nitrogens with two attached hydrogens (primary N) is 2. The number of nitrogens with zero attached hydrogens (tertiary/aromatic N) is 2. The number of nitriles is 1. The Bertz CT molecular complexity index is 1040. The SMILES string of the molecule is N#Cc1c(-c2ccc(C(N)=O)cc2)cc(-c2cc(F)cc(F)c2)nc1N. The average molecular weight is 350 g/mol. The summed E-state index contributed by atoms with van der Waals surface area (Å²) >= 11 is 0. The van der Waals surface area contributed by atoms with Crippen molar-refractivity contribution in [1.29, 1.82) is 5.26 Å². The average Bonchev–Trinajstić information content (AvgIpc) is 2.60. The maximum atomic E-state index is 13.5. The summed E-state index contributed by atoms with van der Waals surface area (Å²) in [5.74, 6) is -2.15. The Hall–Kier alpha value is -3.79. The second-order valence-corrected chi connectivity index (χ2v) is 5.53. The van der Waals surface area contributed by atoms with Gasteiger partial charge in [0.05, 0.1) is 5.69 Å². The van der Waals surface area contributed by atoms with E-state index >= 15 is 0 Å². The molecule has 7 heteroatoms. The quantitative estimate of drug-likeness (QED) is 0.756. The monoisotopic (exact) mass is 350 g/mol. The number of primary amides is 1. The maximum absolute atomic E-state index is 13.5. The normalized spacial score (nSPS) is 10.3. The maximum Gasteiger partial charge on any atom is 0.248 e. The van der Waals surface area contributed by atoms with Gasteiger partial charge in [-0.2, -0.15) is 5.26 Å². The molecule has 0 spiro atoms. The van der Waals surface area contributed by atoms with Crippen molar-refractivity contribution < 1.29 is 13.6 Å². The summed E-state index contributed by atoms with van der Waals surface area (Å²) in [7, 11) is 0. The summed E-state index contributed by atoms with van der Waals surface area (Å²) in [6.07, 6.45) is 0. The predicted octanol–water partition coefficient (Wildman–Crippen LogP) is 3.25. The van der Waals surface area contributed by atoms with Crippen LogP contribution in [0.5, 0.6) is 0 Å². The minimum absolute atomic E-state index is 0.0661. The van der Waals surface area contributed by atoms with Crippen LogP contribution in [0.4, 0.5) is 14.6 Å². The Kier molecular flexibility index (Phi) is 4.33. The van der Waals surface area contributed by atoms with Crippen LogP contribution >= 0.6 is 0 Å². The summed E-state index contributed by atoms with van der Waals surface area (Å²) in [5.41, 5.74) is 12.9. The molecule has 1 aromatic heterocycles. The molecule has 4 N–H and O–H groups in total. The molecule has 0 bridgehead atoms. The number of anilines is 1. The van der Waals surface area contributed by atoms with E-state index in [1.807, 2.05) is 6.07 Å². The Morgan fingerprint density at radius 3 is 2.15 bits per heavy atom. The first kappa shape index (κ1) is 17.0. The molecule has 1 heterocycles. The number of pyridine rings is 1. The fourth-order valence-corrected chi connectivity index (χ4v) is 2.57. The standard InChI is InChI=1S/C19H12F2N4O/c20-13-5-12(6-14(21)7-13)17-8-15(16(9-22)18(23)25-17)10-1-3-11(4-2-10)19(24)26/h1-8H,(H2,23,25)(H2,24,26). The third kappa shape index (κ3) is 3.21. The molecule has 26 heavy (non-hydrogen) atoms. The first-order valence-electron chi connectivity index (χ1n) is 7.46. The number of carbonyl (C=O) groups is 1. The number of rotatable bonds is 3. The number of benzene rings is 2. The van der Waals surface area contributed by atoms with Crippen LogP contribution in [0, 0.1) is 23.0 Å². The van der Waals surface area contributed by atoms with Gasteiger partial charge in [-0.1, -0.05) is 12.1 Å². The Balaban J connectivity index is 2.19. The first-order valence-corrected chi connectivity index (χ1v) is 7.46. The van der Waals surface area contributed by atoms with E-state index in [2.05, 4.69) is 4.98 Å². The Morgan fingerprint density at radius 2 is 1.62 bits per heavy atom. The van der Waals surface area contributed by atoms with Gasteiger partial charge in [-0.25, -0.2) is 13.8 Å². The van der Waals surface area contributed by atoms with Crippen molar-refractivity contribution in [3.05, 3.63) is 71.3 Å². The second kappa shape index (κ2) is 6.61. The van der Waals surface area contributed by atoms with Crippen LogP contribution in [0.1, 0.15) is 15.9 Å². The smallest absolute Gasteiger partial charge is 0.248 e. The van der Waals surface area contributed by atoms with E-state index in [1.165, 1.54) is 18.2 Å². The summed E-state index contributed by atoms with van der Waals surface area (Å²) in [5, 5.41) is 9.39. The minimum Gasteiger partial charge on any atom is -0.383 e. The number of amides is 1. The molecule has 128 valence electrons. The van der Waals surface area contributed by atoms with E-state index in [1.54, 1.807) is 12.1 Å². The molecular formula is C19H12F2N4O. The Labute approximate surface area is 147 Å². The van der Waals surface area contributed by atoms with E-state index < -0.39 is 17.5 Å². The fraction of sp³-hybridized carbons (Fsp3) is 0.